The maximum Gasteiger partial charge on any atom is 0.329 e. The number of carbonyl (C=O) groups is 2. The molecule has 35 heavy (non-hydrogen) atoms. The van der Waals surface area contributed by atoms with E-state index < -0.39 is 11.8 Å². The van der Waals surface area contributed by atoms with Crippen molar-refractivity contribution < 1.29 is 19.1 Å². The van der Waals surface area contributed by atoms with Crippen LogP contribution in [0.1, 0.15) is 16.7 Å². The molecule has 0 heterocycles. The van der Waals surface area contributed by atoms with Crippen molar-refractivity contribution in [3.8, 4) is 11.5 Å². The molecule has 2 amide bonds. The van der Waals surface area contributed by atoms with Crippen LogP contribution in [0.15, 0.2) is 67.1 Å². The molecule has 7 nitrogen and oxygen atoms in total. The molecule has 0 unspecified atom stereocenters. The number of carbonyl (C=O) groups excluding carboxylic acids is 2. The molecule has 0 saturated heterocycles. The van der Waals surface area contributed by atoms with Crippen LogP contribution >= 0.6 is 59.4 Å². The fourth-order valence-corrected chi connectivity index (χ4v) is 5.61. The highest BCUT2D eigenvalue weighted by molar-refractivity contribution is 9.11. The smallest absolute Gasteiger partial charge is 0.329 e. The van der Waals surface area contributed by atoms with Gasteiger partial charge in [0, 0.05) is 20.7 Å². The van der Waals surface area contributed by atoms with E-state index in [0.717, 1.165) is 19.0 Å². The SMILES string of the molecule is COc1ccc(C=NNC(=O)C(=O)Nc2cccc(Cl)c2C)cc1COc1c(Br)cc(Br)cc1Br. The highest BCUT2D eigenvalue weighted by Crippen LogP contribution is 2.37. The Morgan fingerprint density at radius 2 is 1.77 bits per heavy atom. The van der Waals surface area contributed by atoms with Crippen molar-refractivity contribution in [2.24, 2.45) is 5.10 Å². The number of hydrogen-bond acceptors (Lipinski definition) is 5. The van der Waals surface area contributed by atoms with Crippen molar-refractivity contribution in [3.05, 3.63) is 83.7 Å². The maximum absolute atomic E-state index is 12.2. The van der Waals surface area contributed by atoms with Gasteiger partial charge < -0.3 is 14.8 Å². The van der Waals surface area contributed by atoms with Crippen LogP contribution in [0.5, 0.6) is 11.5 Å². The molecule has 0 radical (unpaired) electrons. The minimum Gasteiger partial charge on any atom is -0.496 e. The molecular formula is C24H19Br3ClN3O4. The molecule has 11 heteroatoms. The molecule has 3 aromatic rings. The number of methoxy groups -OCH3 is 1. The molecular weight excluding hydrogens is 669 g/mol. The lowest BCUT2D eigenvalue weighted by atomic mass is 10.1. The largest absolute Gasteiger partial charge is 0.496 e. The summed E-state index contributed by atoms with van der Waals surface area (Å²) >= 11 is 16.5. The van der Waals surface area contributed by atoms with E-state index in [-0.39, 0.29) is 6.61 Å². The summed E-state index contributed by atoms with van der Waals surface area (Å²) in [5.41, 5.74) is 4.76. The first kappa shape index (κ1) is 27.2. The molecule has 182 valence electrons. The van der Waals surface area contributed by atoms with Gasteiger partial charge in [-0.05, 0) is 92.4 Å². The number of rotatable bonds is 7. The van der Waals surface area contributed by atoms with Crippen LogP contribution in [0.2, 0.25) is 5.02 Å². The Labute approximate surface area is 232 Å². The van der Waals surface area contributed by atoms with E-state index in [2.05, 4.69) is 63.6 Å². The predicted molar refractivity (Wildman–Crippen MR) is 147 cm³/mol. The third-order valence-corrected chi connectivity index (χ3v) is 6.79. The molecule has 0 atom stereocenters. The molecule has 0 saturated carbocycles. The van der Waals surface area contributed by atoms with E-state index in [1.165, 1.54) is 6.21 Å². The lowest BCUT2D eigenvalue weighted by Crippen LogP contribution is -2.32. The first-order valence-electron chi connectivity index (χ1n) is 10.0. The van der Waals surface area contributed by atoms with Gasteiger partial charge in [-0.15, -0.1) is 0 Å². The summed E-state index contributed by atoms with van der Waals surface area (Å²) in [6.07, 6.45) is 1.42. The summed E-state index contributed by atoms with van der Waals surface area (Å²) in [5, 5.41) is 6.89. The first-order valence-corrected chi connectivity index (χ1v) is 12.8. The summed E-state index contributed by atoms with van der Waals surface area (Å²) in [6, 6.07) is 14.1. The van der Waals surface area contributed by atoms with Crippen molar-refractivity contribution in [2.75, 3.05) is 12.4 Å². The molecule has 0 aliphatic rings. The van der Waals surface area contributed by atoms with Gasteiger partial charge in [0.15, 0.2) is 0 Å². The molecule has 3 rings (SSSR count). The van der Waals surface area contributed by atoms with Gasteiger partial charge in [-0.3, -0.25) is 9.59 Å². The zero-order chi connectivity index (χ0) is 25.5. The Bertz CT molecular complexity index is 1280. The lowest BCUT2D eigenvalue weighted by Gasteiger charge is -2.13. The topological polar surface area (TPSA) is 89.0 Å². The van der Waals surface area contributed by atoms with E-state index in [1.54, 1.807) is 44.4 Å². The minimum absolute atomic E-state index is 0.220. The van der Waals surface area contributed by atoms with Gasteiger partial charge in [0.05, 0.1) is 22.3 Å². The fraction of sp³-hybridized carbons (Fsp3) is 0.125. The number of anilines is 1. The minimum atomic E-state index is -0.914. The molecule has 0 aliphatic carbocycles. The van der Waals surface area contributed by atoms with Crippen molar-refractivity contribution >= 4 is 83.1 Å². The monoisotopic (exact) mass is 685 g/mol. The summed E-state index contributed by atoms with van der Waals surface area (Å²) in [6.45, 7) is 1.96. The van der Waals surface area contributed by atoms with Gasteiger partial charge >= 0.3 is 11.8 Å². The van der Waals surface area contributed by atoms with Gasteiger partial charge in [0.1, 0.15) is 18.1 Å². The van der Waals surface area contributed by atoms with Crippen LogP contribution in [-0.4, -0.2) is 25.1 Å². The van der Waals surface area contributed by atoms with Gasteiger partial charge in [0.2, 0.25) is 0 Å². The summed E-state index contributed by atoms with van der Waals surface area (Å²) in [5.74, 6) is -0.501. The number of nitrogens with zero attached hydrogens (tertiary/aromatic N) is 1. The van der Waals surface area contributed by atoms with Crippen molar-refractivity contribution in [1.29, 1.82) is 0 Å². The molecule has 0 aliphatic heterocycles. The number of amides is 2. The van der Waals surface area contributed by atoms with E-state index >= 15 is 0 Å². The highest BCUT2D eigenvalue weighted by Gasteiger charge is 2.15. The zero-order valence-electron chi connectivity index (χ0n) is 18.5. The lowest BCUT2D eigenvalue weighted by molar-refractivity contribution is -0.136. The second kappa shape index (κ2) is 12.5. The van der Waals surface area contributed by atoms with Gasteiger partial charge in [-0.25, -0.2) is 5.43 Å². The van der Waals surface area contributed by atoms with Crippen molar-refractivity contribution in [1.82, 2.24) is 5.43 Å². The number of ether oxygens (including phenoxy) is 2. The number of nitrogens with one attached hydrogen (secondary N) is 2. The number of benzene rings is 3. The molecule has 3 aromatic carbocycles. The predicted octanol–water partition coefficient (Wildman–Crippen LogP) is 6.61. The second-order valence-electron chi connectivity index (χ2n) is 7.12. The Morgan fingerprint density at radius 3 is 2.46 bits per heavy atom. The number of hydrazone groups is 1. The third-order valence-electron chi connectivity index (χ3n) is 4.74. The molecule has 0 spiro atoms. The van der Waals surface area contributed by atoms with Gasteiger partial charge in [-0.2, -0.15) is 5.10 Å². The average molecular weight is 689 g/mol. The zero-order valence-corrected chi connectivity index (χ0v) is 24.0. The average Bonchev–Trinajstić information content (AvgIpc) is 2.81. The molecule has 0 fully saturated rings. The van der Waals surface area contributed by atoms with Crippen molar-refractivity contribution in [3.63, 3.8) is 0 Å². The van der Waals surface area contributed by atoms with Crippen LogP contribution in [0.25, 0.3) is 0 Å². The van der Waals surface area contributed by atoms with Gasteiger partial charge in [-0.1, -0.05) is 33.6 Å². The van der Waals surface area contributed by atoms with E-state index in [0.29, 0.717) is 33.3 Å². The maximum atomic E-state index is 12.2. The van der Waals surface area contributed by atoms with Crippen LogP contribution in [0.3, 0.4) is 0 Å². The Morgan fingerprint density at radius 1 is 1.06 bits per heavy atom. The molecule has 2 N–H and O–H groups in total. The summed E-state index contributed by atoms with van der Waals surface area (Å²) in [4.78, 5) is 24.3. The van der Waals surface area contributed by atoms with E-state index in [4.69, 9.17) is 21.1 Å². The Hall–Kier alpha value is -2.40. The Kier molecular flexibility index (Phi) is 9.73. The summed E-state index contributed by atoms with van der Waals surface area (Å²) < 4.78 is 13.9. The number of halogens is 4. The highest BCUT2D eigenvalue weighted by atomic mass is 79.9. The number of hydrogen-bond donors (Lipinski definition) is 2. The van der Waals surface area contributed by atoms with Crippen molar-refractivity contribution in [2.45, 2.75) is 13.5 Å². The normalized spacial score (nSPS) is 10.8. The van der Waals surface area contributed by atoms with E-state index in [1.807, 2.05) is 18.2 Å². The van der Waals surface area contributed by atoms with E-state index in [9.17, 15) is 9.59 Å². The first-order chi connectivity index (χ1) is 16.7. The van der Waals surface area contributed by atoms with Crippen LogP contribution < -0.4 is 20.2 Å². The standard InChI is InChI=1S/C24H19Br3ClN3O4/c1-13-19(28)4-3-5-20(13)30-23(32)24(33)31-29-11-14-6-7-21(34-2)15(8-14)12-35-22-17(26)9-16(25)10-18(22)27/h3-11H,12H2,1-2H3,(H,30,32)(H,31,33). The molecule has 0 bridgehead atoms. The third kappa shape index (κ3) is 7.30. The van der Waals surface area contributed by atoms with Gasteiger partial charge in [0.25, 0.3) is 0 Å². The summed E-state index contributed by atoms with van der Waals surface area (Å²) in [7, 11) is 1.57. The van der Waals surface area contributed by atoms with Crippen LogP contribution in [0, 0.1) is 6.92 Å². The Balaban J connectivity index is 1.65. The fourth-order valence-electron chi connectivity index (χ4n) is 2.95. The molecule has 0 aromatic heterocycles. The second-order valence-corrected chi connectivity index (χ2v) is 10.2. The van der Waals surface area contributed by atoms with Crippen LogP contribution in [0.4, 0.5) is 5.69 Å². The quantitative estimate of drug-likeness (QED) is 0.166. The van der Waals surface area contributed by atoms with Crippen LogP contribution in [-0.2, 0) is 16.2 Å².